The minimum Gasteiger partial charge on any atom is -0.508 e. The highest BCUT2D eigenvalue weighted by Crippen LogP contribution is 2.36. The summed E-state index contributed by atoms with van der Waals surface area (Å²) in [5.41, 5.74) is 0.158. The molecule has 3 atom stereocenters. The van der Waals surface area contributed by atoms with Crippen LogP contribution in [0.4, 0.5) is 0 Å². The van der Waals surface area contributed by atoms with Crippen LogP contribution in [0.5, 0.6) is 5.75 Å². The molecule has 2 aromatic rings. The summed E-state index contributed by atoms with van der Waals surface area (Å²) in [6.45, 7) is -0.196. The zero-order valence-electron chi connectivity index (χ0n) is 16.3. The van der Waals surface area contributed by atoms with Crippen LogP contribution in [0.3, 0.4) is 0 Å². The molecule has 2 unspecified atom stereocenters. The van der Waals surface area contributed by atoms with Crippen molar-refractivity contribution >= 4 is 11.9 Å². The first-order chi connectivity index (χ1) is 14.3. The number of nitrogens with one attached hydrogen (secondary N) is 1. The minimum atomic E-state index is -1.86. The average Bonchev–Trinajstić information content (AvgIpc) is 3.14. The molecule has 0 bridgehead atoms. The Morgan fingerprint density at radius 1 is 1.13 bits per heavy atom. The summed E-state index contributed by atoms with van der Waals surface area (Å²) in [4.78, 5) is 24.5. The van der Waals surface area contributed by atoms with E-state index >= 15 is 0 Å². The second-order valence-corrected chi connectivity index (χ2v) is 7.44. The number of aliphatic hydroxyl groups excluding tert-OH is 1. The number of carboxylic acid groups (broad SMARTS) is 1. The van der Waals surface area contributed by atoms with E-state index in [2.05, 4.69) is 5.32 Å². The molecular weight excluding hydrogens is 390 g/mol. The van der Waals surface area contributed by atoms with E-state index in [9.17, 15) is 24.9 Å². The van der Waals surface area contributed by atoms with Gasteiger partial charge in [0, 0.05) is 13.0 Å². The van der Waals surface area contributed by atoms with Crippen LogP contribution >= 0.6 is 0 Å². The lowest BCUT2D eigenvalue weighted by molar-refractivity contribution is -0.147. The normalized spacial score (nSPS) is 21.9. The number of aliphatic hydroxyl groups is 2. The van der Waals surface area contributed by atoms with E-state index in [1.165, 1.54) is 12.1 Å². The number of phenols is 1. The first-order valence-corrected chi connectivity index (χ1v) is 9.69. The summed E-state index contributed by atoms with van der Waals surface area (Å²) in [6, 6.07) is 11.7. The molecule has 0 aliphatic carbocycles. The minimum absolute atomic E-state index is 0.0317. The van der Waals surface area contributed by atoms with E-state index in [1.807, 2.05) is 0 Å². The number of hydrogen-bond donors (Lipinski definition) is 5. The van der Waals surface area contributed by atoms with Crippen LogP contribution in [-0.4, -0.2) is 51.1 Å². The Morgan fingerprint density at radius 2 is 1.80 bits per heavy atom. The Hall–Kier alpha value is -2.94. The number of rotatable bonds is 8. The molecule has 1 aliphatic rings. The van der Waals surface area contributed by atoms with Crippen molar-refractivity contribution in [1.29, 1.82) is 0 Å². The van der Waals surface area contributed by atoms with Crippen LogP contribution in [0, 0.1) is 0 Å². The molecule has 1 heterocycles. The van der Waals surface area contributed by atoms with Gasteiger partial charge in [-0.1, -0.05) is 36.4 Å². The highest BCUT2D eigenvalue weighted by molar-refractivity contribution is 5.90. The number of aryl methyl sites for hydroxylation is 1. The zero-order valence-corrected chi connectivity index (χ0v) is 16.3. The lowest BCUT2D eigenvalue weighted by atomic mass is 9.94. The third-order valence-electron chi connectivity index (χ3n) is 5.19. The second kappa shape index (κ2) is 9.25. The molecule has 2 aromatic carbocycles. The molecule has 0 radical (unpaired) electrons. The molecular formula is C22H25NO7. The lowest BCUT2D eigenvalue weighted by Crippen LogP contribution is -2.49. The summed E-state index contributed by atoms with van der Waals surface area (Å²) in [5.74, 6) is -1.97. The number of carbonyl (C=O) groups excluding carboxylic acids is 1. The number of phenolic OH excluding ortho intramolecular Hbond substituents is 1. The quantitative estimate of drug-likeness (QED) is 0.440. The van der Waals surface area contributed by atoms with Crippen molar-refractivity contribution in [3.05, 3.63) is 65.2 Å². The van der Waals surface area contributed by atoms with Crippen molar-refractivity contribution in [2.24, 2.45) is 0 Å². The number of aromatic hydroxyl groups is 1. The maximum atomic E-state index is 12.7. The smallest absolute Gasteiger partial charge is 0.330 e. The molecule has 3 rings (SSSR count). The summed E-state index contributed by atoms with van der Waals surface area (Å²) in [5, 5.41) is 41.0. The molecule has 1 fully saturated rings. The van der Waals surface area contributed by atoms with Crippen molar-refractivity contribution < 1.29 is 34.8 Å². The number of aliphatic carboxylic acids is 1. The van der Waals surface area contributed by atoms with Crippen molar-refractivity contribution in [2.45, 2.75) is 37.0 Å². The van der Waals surface area contributed by atoms with Crippen LogP contribution in [0.2, 0.25) is 0 Å². The van der Waals surface area contributed by atoms with Gasteiger partial charge in [0.2, 0.25) is 0 Å². The molecule has 30 heavy (non-hydrogen) atoms. The van der Waals surface area contributed by atoms with Crippen LogP contribution in [-0.2, 0) is 20.7 Å². The maximum absolute atomic E-state index is 12.7. The number of carboxylic acids is 1. The average molecular weight is 415 g/mol. The van der Waals surface area contributed by atoms with E-state index in [0.717, 1.165) is 5.56 Å². The fourth-order valence-corrected chi connectivity index (χ4v) is 3.44. The number of ether oxygens (including phenoxy) is 1. The van der Waals surface area contributed by atoms with Gasteiger partial charge in [0.1, 0.15) is 5.75 Å². The maximum Gasteiger partial charge on any atom is 0.330 e. The molecule has 0 spiro atoms. The molecule has 8 nitrogen and oxygen atoms in total. The first-order valence-electron chi connectivity index (χ1n) is 9.69. The van der Waals surface area contributed by atoms with Crippen molar-refractivity contribution in [3.63, 3.8) is 0 Å². The summed E-state index contributed by atoms with van der Waals surface area (Å²) in [7, 11) is 0. The predicted octanol–water partition coefficient (Wildman–Crippen LogP) is 1.45. The number of benzene rings is 2. The Balaban J connectivity index is 1.69. The van der Waals surface area contributed by atoms with Gasteiger partial charge < -0.3 is 30.5 Å². The van der Waals surface area contributed by atoms with Gasteiger partial charge in [0.25, 0.3) is 5.91 Å². The van der Waals surface area contributed by atoms with Crippen molar-refractivity contribution in [2.75, 3.05) is 13.2 Å². The van der Waals surface area contributed by atoms with E-state index in [0.29, 0.717) is 24.0 Å². The van der Waals surface area contributed by atoms with Crippen molar-refractivity contribution in [3.8, 4) is 5.75 Å². The van der Waals surface area contributed by atoms with Crippen LogP contribution in [0.1, 0.15) is 41.7 Å². The van der Waals surface area contributed by atoms with Crippen LogP contribution < -0.4 is 5.32 Å². The molecule has 1 saturated heterocycles. The molecule has 5 N–H and O–H groups in total. The molecule has 0 aromatic heterocycles. The zero-order chi connectivity index (χ0) is 21.7. The Kier molecular flexibility index (Phi) is 6.71. The van der Waals surface area contributed by atoms with Gasteiger partial charge in [0.15, 0.2) is 11.6 Å². The number of amides is 1. The Morgan fingerprint density at radius 3 is 2.40 bits per heavy atom. The molecule has 1 amide bonds. The van der Waals surface area contributed by atoms with Gasteiger partial charge in [-0.2, -0.15) is 0 Å². The monoisotopic (exact) mass is 415 g/mol. The number of carbonyl (C=O) groups is 2. The van der Waals surface area contributed by atoms with Crippen LogP contribution in [0.25, 0.3) is 0 Å². The highest BCUT2D eigenvalue weighted by atomic mass is 16.5. The SMILES string of the molecule is O=C(O)[C@@H](NC(=O)C1(O)COC(c2ccc(O)cc2)C1)c1ccc(CCCO)cc1. The summed E-state index contributed by atoms with van der Waals surface area (Å²) in [6.07, 6.45) is 0.691. The van der Waals surface area contributed by atoms with E-state index in [1.54, 1.807) is 36.4 Å². The van der Waals surface area contributed by atoms with Gasteiger partial charge in [-0.05, 0) is 41.7 Å². The van der Waals surface area contributed by atoms with Gasteiger partial charge in [-0.25, -0.2) is 4.79 Å². The van der Waals surface area contributed by atoms with Gasteiger partial charge in [-0.15, -0.1) is 0 Å². The molecule has 0 saturated carbocycles. The molecule has 160 valence electrons. The van der Waals surface area contributed by atoms with E-state index in [-0.39, 0.29) is 25.4 Å². The summed E-state index contributed by atoms with van der Waals surface area (Å²) >= 11 is 0. The topological polar surface area (TPSA) is 136 Å². The fourth-order valence-electron chi connectivity index (χ4n) is 3.44. The van der Waals surface area contributed by atoms with E-state index < -0.39 is 29.6 Å². The second-order valence-electron chi connectivity index (χ2n) is 7.44. The number of hydrogen-bond acceptors (Lipinski definition) is 6. The van der Waals surface area contributed by atoms with Crippen LogP contribution in [0.15, 0.2) is 48.5 Å². The van der Waals surface area contributed by atoms with Crippen molar-refractivity contribution in [1.82, 2.24) is 5.32 Å². The summed E-state index contributed by atoms with van der Waals surface area (Å²) < 4.78 is 5.56. The molecule has 8 heteroatoms. The largest absolute Gasteiger partial charge is 0.508 e. The third kappa shape index (κ3) is 4.96. The van der Waals surface area contributed by atoms with E-state index in [4.69, 9.17) is 9.84 Å². The van der Waals surface area contributed by atoms with Gasteiger partial charge >= 0.3 is 5.97 Å². The van der Waals surface area contributed by atoms with Gasteiger partial charge in [-0.3, -0.25) is 4.79 Å². The standard InChI is InChI=1S/C22H25NO7/c24-11-1-2-14-3-5-16(6-4-14)19(20(26)27)23-21(28)22(29)12-18(30-13-22)15-7-9-17(25)10-8-15/h3-10,18-19,24-25,29H,1-2,11-13H2,(H,23,28)(H,26,27)/t18?,19-,22?/m0/s1. The molecule has 1 aliphatic heterocycles. The lowest BCUT2D eigenvalue weighted by Gasteiger charge is -2.23. The first kappa shape index (κ1) is 21.8. The highest BCUT2D eigenvalue weighted by Gasteiger charge is 2.46. The predicted molar refractivity (Wildman–Crippen MR) is 107 cm³/mol. The Labute approximate surface area is 173 Å². The van der Waals surface area contributed by atoms with Gasteiger partial charge in [0.05, 0.1) is 12.7 Å². The Bertz CT molecular complexity index is 881. The third-order valence-corrected chi connectivity index (χ3v) is 5.19. The fraction of sp³-hybridized carbons (Fsp3) is 0.364.